The molecule has 1 N–H and O–H groups in total. The zero-order valence-corrected chi connectivity index (χ0v) is 9.51. The number of aliphatic imine (C=N–C) groups is 1. The van der Waals surface area contributed by atoms with Crippen molar-refractivity contribution in [2.45, 2.75) is 26.7 Å². The molecule has 1 heterocycles. The molecule has 1 aliphatic rings. The van der Waals surface area contributed by atoms with Gasteiger partial charge in [-0.25, -0.2) is 0 Å². The number of nitrogens with one attached hydrogen (secondary N) is 1. The molecule has 80 valence electrons. The number of benzene rings is 1. The Hall–Kier alpha value is -1.31. The van der Waals surface area contributed by atoms with Crippen LogP contribution in [-0.4, -0.2) is 18.9 Å². The molecule has 0 aliphatic carbocycles. The molecular formula is C13H18N2. The Kier molecular flexibility index (Phi) is 3.05. The summed E-state index contributed by atoms with van der Waals surface area (Å²) in [6.07, 6.45) is 2.22. The van der Waals surface area contributed by atoms with Crippen molar-refractivity contribution in [3.8, 4) is 0 Å². The van der Waals surface area contributed by atoms with Crippen LogP contribution < -0.4 is 5.32 Å². The van der Waals surface area contributed by atoms with Crippen molar-refractivity contribution >= 4 is 5.84 Å². The largest absolute Gasteiger partial charge is 0.370 e. The zero-order valence-electron chi connectivity index (χ0n) is 9.51. The van der Waals surface area contributed by atoms with Crippen LogP contribution in [0.15, 0.2) is 23.2 Å². The van der Waals surface area contributed by atoms with Crippen LogP contribution in [-0.2, 0) is 6.42 Å². The van der Waals surface area contributed by atoms with Crippen LogP contribution >= 0.6 is 0 Å². The summed E-state index contributed by atoms with van der Waals surface area (Å²) in [4.78, 5) is 4.55. The molecule has 1 aromatic carbocycles. The fourth-order valence-corrected chi connectivity index (χ4v) is 2.11. The Labute approximate surface area is 91.4 Å². The lowest BCUT2D eigenvalue weighted by molar-refractivity contribution is 0.741. The van der Waals surface area contributed by atoms with E-state index in [1.54, 1.807) is 0 Å². The highest BCUT2D eigenvalue weighted by atomic mass is 15.0. The van der Waals surface area contributed by atoms with E-state index in [9.17, 15) is 0 Å². The van der Waals surface area contributed by atoms with Gasteiger partial charge in [-0.05, 0) is 30.9 Å². The first-order valence-corrected chi connectivity index (χ1v) is 5.70. The Balaban J connectivity index is 2.42. The van der Waals surface area contributed by atoms with E-state index in [2.05, 4.69) is 42.4 Å². The van der Waals surface area contributed by atoms with Gasteiger partial charge in [0.05, 0.1) is 0 Å². The van der Waals surface area contributed by atoms with Crippen LogP contribution in [0.2, 0.25) is 0 Å². The van der Waals surface area contributed by atoms with Gasteiger partial charge < -0.3 is 5.32 Å². The van der Waals surface area contributed by atoms with E-state index in [0.29, 0.717) is 0 Å². The Bertz CT molecular complexity index is 380. The molecule has 0 unspecified atom stereocenters. The minimum atomic E-state index is 0.958. The second kappa shape index (κ2) is 4.47. The van der Waals surface area contributed by atoms with Crippen LogP contribution in [0.4, 0.5) is 0 Å². The molecule has 2 nitrogen and oxygen atoms in total. The lowest BCUT2D eigenvalue weighted by Gasteiger charge is -2.18. The van der Waals surface area contributed by atoms with Gasteiger partial charge in [0.1, 0.15) is 5.84 Å². The minimum Gasteiger partial charge on any atom is -0.370 e. The minimum absolute atomic E-state index is 0.958. The van der Waals surface area contributed by atoms with Gasteiger partial charge in [-0.3, -0.25) is 4.99 Å². The van der Waals surface area contributed by atoms with E-state index in [0.717, 1.165) is 31.8 Å². The lowest BCUT2D eigenvalue weighted by atomic mass is 9.98. The maximum atomic E-state index is 4.55. The number of rotatable bonds is 2. The van der Waals surface area contributed by atoms with Crippen LogP contribution in [0, 0.1) is 6.92 Å². The number of aryl methyl sites for hydroxylation is 1. The van der Waals surface area contributed by atoms with Gasteiger partial charge >= 0.3 is 0 Å². The normalized spacial score (nSPS) is 15.7. The van der Waals surface area contributed by atoms with Crippen molar-refractivity contribution in [2.24, 2.45) is 4.99 Å². The van der Waals surface area contributed by atoms with E-state index < -0.39 is 0 Å². The summed E-state index contributed by atoms with van der Waals surface area (Å²) in [6.45, 7) is 6.39. The summed E-state index contributed by atoms with van der Waals surface area (Å²) < 4.78 is 0. The van der Waals surface area contributed by atoms with Gasteiger partial charge in [0.15, 0.2) is 0 Å². The molecule has 0 bridgehead atoms. The predicted octanol–water partition coefficient (Wildman–Crippen LogP) is 2.30. The van der Waals surface area contributed by atoms with Gasteiger partial charge in [-0.15, -0.1) is 0 Å². The molecule has 0 atom stereocenters. The summed E-state index contributed by atoms with van der Waals surface area (Å²) >= 11 is 0. The summed E-state index contributed by atoms with van der Waals surface area (Å²) in [6, 6.07) is 6.46. The first kappa shape index (κ1) is 10.2. The van der Waals surface area contributed by atoms with Crippen LogP contribution in [0.3, 0.4) is 0 Å². The van der Waals surface area contributed by atoms with Crippen molar-refractivity contribution in [1.82, 2.24) is 5.32 Å². The van der Waals surface area contributed by atoms with Crippen LogP contribution in [0.5, 0.6) is 0 Å². The quantitative estimate of drug-likeness (QED) is 0.782. The number of nitrogens with zero attached hydrogens (tertiary/aromatic N) is 1. The topological polar surface area (TPSA) is 24.4 Å². The predicted molar refractivity (Wildman–Crippen MR) is 64.6 cm³/mol. The molecule has 0 aromatic heterocycles. The SMILES string of the molecule is CCc1c(C)cccc1C1=NCCCN1. The number of hydrogen-bond acceptors (Lipinski definition) is 2. The van der Waals surface area contributed by atoms with Gasteiger partial charge in [0.2, 0.25) is 0 Å². The van der Waals surface area contributed by atoms with E-state index >= 15 is 0 Å². The van der Waals surface area contributed by atoms with Crippen molar-refractivity contribution in [2.75, 3.05) is 13.1 Å². The van der Waals surface area contributed by atoms with Gasteiger partial charge in [0, 0.05) is 18.7 Å². The third kappa shape index (κ3) is 2.04. The first-order chi connectivity index (χ1) is 7.33. The molecule has 2 heteroatoms. The third-order valence-corrected chi connectivity index (χ3v) is 2.92. The van der Waals surface area contributed by atoms with Crippen molar-refractivity contribution in [1.29, 1.82) is 0 Å². The van der Waals surface area contributed by atoms with Crippen LogP contribution in [0.25, 0.3) is 0 Å². The zero-order chi connectivity index (χ0) is 10.7. The smallest absolute Gasteiger partial charge is 0.128 e. The number of hydrogen-bond donors (Lipinski definition) is 1. The lowest BCUT2D eigenvalue weighted by Crippen LogP contribution is -2.31. The average molecular weight is 202 g/mol. The highest BCUT2D eigenvalue weighted by molar-refractivity contribution is 6.00. The monoisotopic (exact) mass is 202 g/mol. The second-order valence-electron chi connectivity index (χ2n) is 3.97. The Morgan fingerprint density at radius 1 is 1.40 bits per heavy atom. The van der Waals surface area contributed by atoms with E-state index in [1.807, 2.05) is 0 Å². The highest BCUT2D eigenvalue weighted by Gasteiger charge is 2.11. The average Bonchev–Trinajstić information content (AvgIpc) is 2.30. The molecule has 0 saturated heterocycles. The highest BCUT2D eigenvalue weighted by Crippen LogP contribution is 2.16. The van der Waals surface area contributed by atoms with Gasteiger partial charge in [-0.1, -0.05) is 25.1 Å². The molecule has 2 rings (SSSR count). The van der Waals surface area contributed by atoms with Crippen LogP contribution in [0.1, 0.15) is 30.0 Å². The summed E-state index contributed by atoms with van der Waals surface area (Å²) in [5.74, 6) is 1.09. The van der Waals surface area contributed by atoms with E-state index in [4.69, 9.17) is 0 Å². The maximum absolute atomic E-state index is 4.55. The summed E-state index contributed by atoms with van der Waals surface area (Å²) in [5, 5.41) is 3.39. The van der Waals surface area contributed by atoms with Gasteiger partial charge in [0.25, 0.3) is 0 Å². The third-order valence-electron chi connectivity index (χ3n) is 2.92. The first-order valence-electron chi connectivity index (χ1n) is 5.70. The second-order valence-corrected chi connectivity index (χ2v) is 3.97. The van der Waals surface area contributed by atoms with Crippen molar-refractivity contribution < 1.29 is 0 Å². The molecule has 0 amide bonds. The number of amidine groups is 1. The molecule has 0 spiro atoms. The van der Waals surface area contributed by atoms with E-state index in [1.165, 1.54) is 16.7 Å². The molecule has 1 aromatic rings. The standard InChI is InChI=1S/C13H18N2/c1-3-11-10(2)6-4-7-12(11)13-14-8-5-9-15-13/h4,6-7H,3,5,8-9H2,1-2H3,(H,14,15). The molecule has 1 aliphatic heterocycles. The van der Waals surface area contributed by atoms with E-state index in [-0.39, 0.29) is 0 Å². The van der Waals surface area contributed by atoms with Crippen molar-refractivity contribution in [3.63, 3.8) is 0 Å². The fraction of sp³-hybridized carbons (Fsp3) is 0.462. The van der Waals surface area contributed by atoms with Gasteiger partial charge in [-0.2, -0.15) is 0 Å². The molecule has 0 radical (unpaired) electrons. The van der Waals surface area contributed by atoms with Crippen molar-refractivity contribution in [3.05, 3.63) is 34.9 Å². The Morgan fingerprint density at radius 3 is 2.93 bits per heavy atom. The fourth-order valence-electron chi connectivity index (χ4n) is 2.11. The molecule has 0 fully saturated rings. The maximum Gasteiger partial charge on any atom is 0.128 e. The summed E-state index contributed by atoms with van der Waals surface area (Å²) in [5.41, 5.74) is 4.08. The summed E-state index contributed by atoms with van der Waals surface area (Å²) in [7, 11) is 0. The Morgan fingerprint density at radius 2 is 2.27 bits per heavy atom. The molecule has 15 heavy (non-hydrogen) atoms. The molecular weight excluding hydrogens is 184 g/mol. The molecule has 0 saturated carbocycles.